The molecule has 0 saturated carbocycles. The van der Waals surface area contributed by atoms with Gasteiger partial charge in [-0.15, -0.1) is 0 Å². The van der Waals surface area contributed by atoms with Gasteiger partial charge in [0, 0.05) is 18.3 Å². The van der Waals surface area contributed by atoms with Crippen molar-refractivity contribution in [2.45, 2.75) is 12.3 Å². The van der Waals surface area contributed by atoms with Gasteiger partial charge in [-0.2, -0.15) is 13.2 Å². The highest BCUT2D eigenvalue weighted by atomic mass is 19.4. The molecule has 116 valence electrons. The number of carbonyl (C=O) groups excluding carboxylic acids is 1. The van der Waals surface area contributed by atoms with E-state index < -0.39 is 23.2 Å². The number of H-pyrrole nitrogens is 1. The summed E-state index contributed by atoms with van der Waals surface area (Å²) in [4.78, 5) is 23.9. The molecule has 0 aliphatic carbocycles. The fraction of sp³-hybridized carbons (Fsp3) is 0.154. The largest absolute Gasteiger partial charge is 0.443 e. The van der Waals surface area contributed by atoms with Crippen LogP contribution in [0.1, 0.15) is 22.2 Å². The second kappa shape index (κ2) is 5.88. The topological polar surface area (TPSA) is 85.2 Å². The number of carbonyl (C=O) groups is 1. The Kier molecular flexibility index (Phi) is 4.15. The number of aromatic amines is 1. The molecule has 0 fully saturated rings. The zero-order valence-corrected chi connectivity index (χ0v) is 10.8. The van der Waals surface area contributed by atoms with Crippen LogP contribution in [0.2, 0.25) is 0 Å². The maximum absolute atomic E-state index is 12.9. The van der Waals surface area contributed by atoms with E-state index in [0.29, 0.717) is 0 Å². The second-order valence-corrected chi connectivity index (χ2v) is 4.26. The lowest BCUT2D eigenvalue weighted by atomic mass is 10.2. The molecule has 1 aromatic heterocycles. The smallest absolute Gasteiger partial charge is 0.431 e. The number of hydrogen-bond donors (Lipinski definition) is 1. The van der Waals surface area contributed by atoms with Gasteiger partial charge in [-0.3, -0.25) is 10.1 Å². The summed E-state index contributed by atoms with van der Waals surface area (Å²) < 4.78 is 43.3. The summed E-state index contributed by atoms with van der Waals surface area (Å²) in [7, 11) is 0. The van der Waals surface area contributed by atoms with E-state index in [4.69, 9.17) is 0 Å². The number of halogens is 3. The van der Waals surface area contributed by atoms with Gasteiger partial charge in [0.25, 0.3) is 5.69 Å². The highest BCUT2D eigenvalue weighted by molar-refractivity contribution is 5.89. The number of ether oxygens (including phenoxy) is 1. The van der Waals surface area contributed by atoms with Crippen LogP contribution in [-0.4, -0.2) is 22.1 Å². The number of nitro groups is 1. The predicted octanol–water partition coefficient (Wildman–Crippen LogP) is 3.38. The first-order valence-electron chi connectivity index (χ1n) is 5.94. The van der Waals surface area contributed by atoms with Crippen LogP contribution in [-0.2, 0) is 4.74 Å². The minimum Gasteiger partial charge on any atom is -0.443 e. The minimum atomic E-state index is -4.79. The van der Waals surface area contributed by atoms with E-state index >= 15 is 0 Å². The molecule has 0 bridgehead atoms. The Labute approximate surface area is 121 Å². The molecule has 0 radical (unpaired) electrons. The van der Waals surface area contributed by atoms with Gasteiger partial charge < -0.3 is 9.72 Å². The van der Waals surface area contributed by atoms with Crippen LogP contribution in [0.3, 0.4) is 0 Å². The van der Waals surface area contributed by atoms with Crippen LogP contribution in [0.5, 0.6) is 0 Å². The number of rotatable bonds is 4. The van der Waals surface area contributed by atoms with Crippen molar-refractivity contribution in [1.29, 1.82) is 0 Å². The molecule has 22 heavy (non-hydrogen) atoms. The second-order valence-electron chi connectivity index (χ2n) is 4.26. The van der Waals surface area contributed by atoms with Crippen molar-refractivity contribution in [1.82, 2.24) is 4.98 Å². The maximum Gasteiger partial charge on any atom is 0.431 e. The third kappa shape index (κ3) is 3.43. The number of alkyl halides is 3. The number of aromatic nitrogens is 1. The molecule has 0 spiro atoms. The Morgan fingerprint density at radius 3 is 2.32 bits per heavy atom. The van der Waals surface area contributed by atoms with Gasteiger partial charge in [-0.05, 0) is 24.3 Å². The number of nitrogens with zero attached hydrogens (tertiary/aromatic N) is 1. The van der Waals surface area contributed by atoms with Crippen molar-refractivity contribution in [3.8, 4) is 0 Å². The maximum atomic E-state index is 12.9. The van der Waals surface area contributed by atoms with E-state index in [0.717, 1.165) is 30.3 Å². The fourth-order valence-electron chi connectivity index (χ4n) is 1.71. The van der Waals surface area contributed by atoms with Crippen LogP contribution in [0.15, 0.2) is 42.6 Å². The quantitative estimate of drug-likeness (QED) is 0.532. The number of hydrogen-bond acceptors (Lipinski definition) is 4. The lowest BCUT2D eigenvalue weighted by Crippen LogP contribution is -2.26. The number of benzene rings is 1. The van der Waals surface area contributed by atoms with Crippen LogP contribution in [0.25, 0.3) is 0 Å². The molecular weight excluding hydrogens is 305 g/mol. The van der Waals surface area contributed by atoms with Gasteiger partial charge in [0.05, 0.1) is 16.2 Å². The monoisotopic (exact) mass is 314 g/mol. The lowest BCUT2D eigenvalue weighted by molar-refractivity contribution is -0.384. The van der Waals surface area contributed by atoms with E-state index in [1.807, 2.05) is 0 Å². The van der Waals surface area contributed by atoms with Crippen molar-refractivity contribution in [2.24, 2.45) is 0 Å². The summed E-state index contributed by atoms with van der Waals surface area (Å²) in [5, 5.41) is 10.5. The first kappa shape index (κ1) is 15.5. The molecule has 1 unspecified atom stereocenters. The summed E-state index contributed by atoms with van der Waals surface area (Å²) in [5.41, 5.74) is -0.817. The SMILES string of the molecule is O=C(OC(c1ccc[nH]1)C(F)(F)F)c1ccc([N+](=O)[O-])cc1. The Morgan fingerprint density at radius 1 is 1.23 bits per heavy atom. The number of esters is 1. The van der Waals surface area contributed by atoms with E-state index in [-0.39, 0.29) is 16.9 Å². The van der Waals surface area contributed by atoms with Crippen LogP contribution < -0.4 is 0 Å². The van der Waals surface area contributed by atoms with E-state index in [1.54, 1.807) is 0 Å². The first-order chi connectivity index (χ1) is 10.3. The van der Waals surface area contributed by atoms with Crippen LogP contribution in [0, 0.1) is 10.1 Å². The highest BCUT2D eigenvalue weighted by Gasteiger charge is 2.45. The molecular formula is C13H9F3N2O4. The summed E-state index contributed by atoms with van der Waals surface area (Å²) in [6, 6.07) is 6.56. The van der Waals surface area contributed by atoms with Crippen LogP contribution >= 0.6 is 0 Å². The minimum absolute atomic E-state index is 0.216. The van der Waals surface area contributed by atoms with Gasteiger partial charge in [0.1, 0.15) is 0 Å². The van der Waals surface area contributed by atoms with Gasteiger partial charge in [-0.25, -0.2) is 4.79 Å². The summed E-state index contributed by atoms with van der Waals surface area (Å²) in [5.74, 6) is -1.23. The van der Waals surface area contributed by atoms with Crippen molar-refractivity contribution in [3.05, 3.63) is 64.0 Å². The van der Waals surface area contributed by atoms with Gasteiger partial charge in [-0.1, -0.05) is 0 Å². The van der Waals surface area contributed by atoms with E-state index in [1.165, 1.54) is 12.3 Å². The third-order valence-corrected chi connectivity index (χ3v) is 2.74. The standard InChI is InChI=1S/C13H9F3N2O4/c14-13(15,16)11(10-2-1-7-17-10)22-12(19)8-3-5-9(6-4-8)18(20)21/h1-7,11,17H. The predicted molar refractivity (Wildman–Crippen MR) is 68.1 cm³/mol. The van der Waals surface area contributed by atoms with Crippen molar-refractivity contribution < 1.29 is 27.6 Å². The molecule has 1 atom stereocenters. The lowest BCUT2D eigenvalue weighted by Gasteiger charge is -2.19. The Hall–Kier alpha value is -2.84. The zero-order chi connectivity index (χ0) is 16.3. The average molecular weight is 314 g/mol. The summed E-state index contributed by atoms with van der Waals surface area (Å²) in [6.07, 6.45) is -5.96. The van der Waals surface area contributed by atoms with Crippen molar-refractivity contribution in [3.63, 3.8) is 0 Å². The summed E-state index contributed by atoms with van der Waals surface area (Å²) >= 11 is 0. The molecule has 2 rings (SSSR count). The normalized spacial score (nSPS) is 12.7. The van der Waals surface area contributed by atoms with Gasteiger partial charge in [0.2, 0.25) is 6.10 Å². The van der Waals surface area contributed by atoms with Crippen molar-refractivity contribution >= 4 is 11.7 Å². The molecule has 1 heterocycles. The van der Waals surface area contributed by atoms with E-state index in [9.17, 15) is 28.1 Å². The molecule has 0 aliphatic heterocycles. The number of nitrogens with one attached hydrogen (secondary N) is 1. The third-order valence-electron chi connectivity index (χ3n) is 2.74. The molecule has 1 aromatic carbocycles. The number of nitro benzene ring substituents is 1. The molecule has 1 N–H and O–H groups in total. The van der Waals surface area contributed by atoms with Gasteiger partial charge >= 0.3 is 12.1 Å². The Balaban J connectivity index is 2.20. The molecule has 2 aromatic rings. The fourth-order valence-corrected chi connectivity index (χ4v) is 1.71. The Bertz CT molecular complexity index is 666. The van der Waals surface area contributed by atoms with Crippen LogP contribution in [0.4, 0.5) is 18.9 Å². The highest BCUT2D eigenvalue weighted by Crippen LogP contribution is 2.35. The Morgan fingerprint density at radius 2 is 1.86 bits per heavy atom. The van der Waals surface area contributed by atoms with Gasteiger partial charge in [0.15, 0.2) is 0 Å². The molecule has 6 nitrogen and oxygen atoms in total. The number of non-ortho nitro benzene ring substituents is 1. The van der Waals surface area contributed by atoms with Crippen molar-refractivity contribution in [2.75, 3.05) is 0 Å². The first-order valence-corrected chi connectivity index (χ1v) is 5.94. The molecule has 0 saturated heterocycles. The summed E-state index contributed by atoms with van der Waals surface area (Å²) in [6.45, 7) is 0. The molecule has 9 heteroatoms. The molecule has 0 aliphatic rings. The van der Waals surface area contributed by atoms with E-state index in [2.05, 4.69) is 9.72 Å². The molecule has 0 amide bonds. The average Bonchev–Trinajstić information content (AvgIpc) is 2.97. The zero-order valence-electron chi connectivity index (χ0n) is 10.8.